The van der Waals surface area contributed by atoms with Gasteiger partial charge in [-0.1, -0.05) is 12.1 Å². The zero-order valence-corrected chi connectivity index (χ0v) is 17.5. The zero-order valence-electron chi connectivity index (χ0n) is 17.5. The van der Waals surface area contributed by atoms with Crippen LogP contribution in [0.2, 0.25) is 0 Å². The Hall–Kier alpha value is -2.15. The van der Waals surface area contributed by atoms with Crippen LogP contribution in [0, 0.1) is 11.7 Å². The average molecular weight is 394 g/mol. The number of rotatable bonds is 5. The number of hydrogen-bond acceptors (Lipinski definition) is 4. The van der Waals surface area contributed by atoms with E-state index in [2.05, 4.69) is 5.32 Å². The lowest BCUT2D eigenvalue weighted by atomic mass is 9.96. The largest absolute Gasteiger partial charge is 0.444 e. The molecule has 7 heteroatoms. The number of halogens is 1. The molecule has 0 aliphatic carbocycles. The van der Waals surface area contributed by atoms with Crippen LogP contribution in [0.4, 0.5) is 9.18 Å². The first-order valence-corrected chi connectivity index (χ1v) is 9.74. The second kappa shape index (κ2) is 9.37. The van der Waals surface area contributed by atoms with Gasteiger partial charge in [0.1, 0.15) is 11.4 Å². The van der Waals surface area contributed by atoms with Crippen LogP contribution in [-0.2, 0) is 9.53 Å². The molecule has 1 aromatic rings. The van der Waals surface area contributed by atoms with Crippen LogP contribution in [0.5, 0.6) is 0 Å². The van der Waals surface area contributed by atoms with Gasteiger partial charge in [-0.2, -0.15) is 0 Å². The van der Waals surface area contributed by atoms with E-state index in [9.17, 15) is 14.0 Å². The van der Waals surface area contributed by atoms with Crippen LogP contribution in [0.3, 0.4) is 0 Å². The van der Waals surface area contributed by atoms with Crippen LogP contribution in [0.25, 0.3) is 0 Å². The fraction of sp³-hybridized carbons (Fsp3) is 0.619. The Kier molecular flexibility index (Phi) is 7.41. The zero-order chi connectivity index (χ0) is 20.9. The number of piperidine rings is 1. The Morgan fingerprint density at radius 1 is 1.29 bits per heavy atom. The minimum absolute atomic E-state index is 0.0212. The van der Waals surface area contributed by atoms with E-state index in [0.717, 1.165) is 5.56 Å². The number of likely N-dealkylation sites (N-methyl/N-ethyl adjacent to an activating group) is 1. The van der Waals surface area contributed by atoms with E-state index in [4.69, 9.17) is 4.74 Å². The van der Waals surface area contributed by atoms with Crippen molar-refractivity contribution in [1.82, 2.24) is 15.1 Å². The monoisotopic (exact) mass is 393 g/mol. The Balaban J connectivity index is 1.86. The van der Waals surface area contributed by atoms with Gasteiger partial charge in [0, 0.05) is 25.6 Å². The number of benzene rings is 1. The lowest BCUT2D eigenvalue weighted by Gasteiger charge is -2.33. The first-order chi connectivity index (χ1) is 13.1. The lowest BCUT2D eigenvalue weighted by molar-refractivity contribution is -0.126. The molecule has 2 rings (SSSR count). The van der Waals surface area contributed by atoms with E-state index in [1.165, 1.54) is 12.1 Å². The molecular weight excluding hydrogens is 361 g/mol. The summed E-state index contributed by atoms with van der Waals surface area (Å²) in [5.74, 6) is -0.439. The molecule has 2 amide bonds. The molecule has 6 nitrogen and oxygen atoms in total. The van der Waals surface area contributed by atoms with Crippen LogP contribution in [0.15, 0.2) is 24.3 Å². The SMILES string of the molecule is CN(C)C(CNC(=O)C1CCN(C(=O)OC(C)(C)C)CC1)c1cccc(F)c1. The Morgan fingerprint density at radius 2 is 1.93 bits per heavy atom. The summed E-state index contributed by atoms with van der Waals surface area (Å²) >= 11 is 0. The van der Waals surface area contributed by atoms with Crippen molar-refractivity contribution in [2.75, 3.05) is 33.7 Å². The summed E-state index contributed by atoms with van der Waals surface area (Å²) in [6, 6.07) is 6.33. The van der Waals surface area contributed by atoms with Gasteiger partial charge in [-0.25, -0.2) is 9.18 Å². The van der Waals surface area contributed by atoms with Crippen LogP contribution >= 0.6 is 0 Å². The summed E-state index contributed by atoms with van der Waals surface area (Å²) in [7, 11) is 3.81. The second-order valence-corrected chi connectivity index (χ2v) is 8.52. The van der Waals surface area contributed by atoms with Gasteiger partial charge < -0.3 is 19.9 Å². The van der Waals surface area contributed by atoms with Crippen molar-refractivity contribution < 1.29 is 18.7 Å². The Bertz CT molecular complexity index is 680. The van der Waals surface area contributed by atoms with Gasteiger partial charge in [0.15, 0.2) is 0 Å². The van der Waals surface area contributed by atoms with Crippen molar-refractivity contribution in [3.8, 4) is 0 Å². The third-order valence-electron chi connectivity index (χ3n) is 4.84. The number of likely N-dealkylation sites (tertiary alicyclic amines) is 1. The normalized spacial score (nSPS) is 16.8. The number of hydrogen-bond donors (Lipinski definition) is 1. The fourth-order valence-corrected chi connectivity index (χ4v) is 3.30. The number of nitrogens with zero attached hydrogens (tertiary/aromatic N) is 2. The number of nitrogens with one attached hydrogen (secondary N) is 1. The molecule has 1 heterocycles. The van der Waals surface area contributed by atoms with Crippen molar-refractivity contribution >= 4 is 12.0 Å². The lowest BCUT2D eigenvalue weighted by Crippen LogP contribution is -2.45. The van der Waals surface area contributed by atoms with Gasteiger partial charge in [0.25, 0.3) is 0 Å². The molecule has 1 N–H and O–H groups in total. The molecule has 1 saturated heterocycles. The molecule has 1 aromatic carbocycles. The summed E-state index contributed by atoms with van der Waals surface area (Å²) in [5.41, 5.74) is 0.300. The van der Waals surface area contributed by atoms with Gasteiger partial charge >= 0.3 is 6.09 Å². The van der Waals surface area contributed by atoms with E-state index in [1.807, 2.05) is 45.8 Å². The van der Waals surface area contributed by atoms with E-state index < -0.39 is 5.60 Å². The summed E-state index contributed by atoms with van der Waals surface area (Å²) in [5, 5.41) is 3.00. The predicted molar refractivity (Wildman–Crippen MR) is 106 cm³/mol. The maximum absolute atomic E-state index is 13.5. The maximum atomic E-state index is 13.5. The third-order valence-corrected chi connectivity index (χ3v) is 4.84. The van der Waals surface area contributed by atoms with Crippen molar-refractivity contribution in [3.05, 3.63) is 35.6 Å². The molecule has 0 aromatic heterocycles. The molecule has 0 saturated carbocycles. The second-order valence-electron chi connectivity index (χ2n) is 8.52. The van der Waals surface area contributed by atoms with E-state index >= 15 is 0 Å². The van der Waals surface area contributed by atoms with Crippen LogP contribution in [-0.4, -0.2) is 61.1 Å². The molecule has 156 valence electrons. The van der Waals surface area contributed by atoms with Gasteiger partial charge in [0.05, 0.1) is 6.04 Å². The standard InChI is InChI=1S/C21H32FN3O3/c1-21(2,3)28-20(27)25-11-9-15(10-12-25)19(26)23-14-18(24(4)5)16-7-6-8-17(22)13-16/h6-8,13,15,18H,9-12,14H2,1-5H3,(H,23,26). The van der Waals surface area contributed by atoms with E-state index in [1.54, 1.807) is 11.0 Å². The first-order valence-electron chi connectivity index (χ1n) is 9.74. The van der Waals surface area contributed by atoms with Crippen LogP contribution < -0.4 is 5.32 Å². The van der Waals surface area contributed by atoms with Gasteiger partial charge in [-0.3, -0.25) is 4.79 Å². The molecule has 1 aliphatic heterocycles. The van der Waals surface area contributed by atoms with Gasteiger partial charge in [-0.15, -0.1) is 0 Å². The van der Waals surface area contributed by atoms with Crippen molar-refractivity contribution in [2.24, 2.45) is 5.92 Å². The molecule has 1 atom stereocenters. The third kappa shape index (κ3) is 6.48. The minimum atomic E-state index is -0.524. The average Bonchev–Trinajstić information content (AvgIpc) is 2.60. The number of ether oxygens (including phenoxy) is 1. The maximum Gasteiger partial charge on any atom is 0.410 e. The van der Waals surface area contributed by atoms with E-state index in [0.29, 0.717) is 32.5 Å². The first kappa shape index (κ1) is 22.1. The highest BCUT2D eigenvalue weighted by atomic mass is 19.1. The van der Waals surface area contributed by atoms with Gasteiger partial charge in [0.2, 0.25) is 5.91 Å². The highest BCUT2D eigenvalue weighted by molar-refractivity contribution is 5.79. The highest BCUT2D eigenvalue weighted by Gasteiger charge is 2.30. The fourth-order valence-electron chi connectivity index (χ4n) is 3.30. The summed E-state index contributed by atoms with van der Waals surface area (Å²) in [4.78, 5) is 28.3. The van der Waals surface area contributed by atoms with Crippen molar-refractivity contribution in [1.29, 1.82) is 0 Å². The van der Waals surface area contributed by atoms with E-state index in [-0.39, 0.29) is 29.8 Å². The molecule has 1 aliphatic rings. The molecule has 0 bridgehead atoms. The quantitative estimate of drug-likeness (QED) is 0.835. The van der Waals surface area contributed by atoms with Crippen LogP contribution in [0.1, 0.15) is 45.2 Å². The number of carbonyl (C=O) groups excluding carboxylic acids is 2. The minimum Gasteiger partial charge on any atom is -0.444 e. The molecule has 0 radical (unpaired) electrons. The predicted octanol–water partition coefficient (Wildman–Crippen LogP) is 3.19. The topological polar surface area (TPSA) is 61.9 Å². The summed E-state index contributed by atoms with van der Waals surface area (Å²) < 4.78 is 18.9. The Labute approximate surface area is 167 Å². The highest BCUT2D eigenvalue weighted by Crippen LogP contribution is 2.21. The number of amides is 2. The molecular formula is C21H32FN3O3. The summed E-state index contributed by atoms with van der Waals surface area (Å²) in [6.07, 6.45) is 0.889. The number of carbonyl (C=O) groups is 2. The smallest absolute Gasteiger partial charge is 0.410 e. The van der Waals surface area contributed by atoms with Gasteiger partial charge in [-0.05, 0) is 65.4 Å². The van der Waals surface area contributed by atoms with Crippen molar-refractivity contribution in [2.45, 2.75) is 45.3 Å². The molecule has 1 unspecified atom stereocenters. The Morgan fingerprint density at radius 3 is 2.46 bits per heavy atom. The van der Waals surface area contributed by atoms with Crippen molar-refractivity contribution in [3.63, 3.8) is 0 Å². The summed E-state index contributed by atoms with van der Waals surface area (Å²) in [6.45, 7) is 6.93. The molecule has 28 heavy (non-hydrogen) atoms. The molecule has 0 spiro atoms. The molecule has 1 fully saturated rings.